The van der Waals surface area contributed by atoms with E-state index in [1.807, 2.05) is 17.8 Å². The highest BCUT2D eigenvalue weighted by Gasteiger charge is 2.30. The van der Waals surface area contributed by atoms with Gasteiger partial charge in [0.15, 0.2) is 5.82 Å². The molecule has 3 aromatic rings. The first kappa shape index (κ1) is 24.8. The number of benzene rings is 1. The number of aromatic nitrogens is 4. The van der Waals surface area contributed by atoms with Crippen LogP contribution in [0.2, 0.25) is 0 Å². The molecule has 1 atom stereocenters. The van der Waals surface area contributed by atoms with Crippen molar-refractivity contribution >= 4 is 16.7 Å². The average Bonchev–Trinajstić information content (AvgIpc) is 3.52. The van der Waals surface area contributed by atoms with Crippen LogP contribution in [0.4, 0.5) is 5.82 Å². The number of piperidine rings is 1. The number of likely N-dealkylation sites (tertiary alicyclic amines) is 1. The van der Waals surface area contributed by atoms with Gasteiger partial charge in [-0.2, -0.15) is 5.10 Å². The van der Waals surface area contributed by atoms with Gasteiger partial charge < -0.3 is 14.4 Å². The van der Waals surface area contributed by atoms with Gasteiger partial charge in [0.25, 0.3) is 0 Å². The molecule has 0 N–H and O–H groups in total. The van der Waals surface area contributed by atoms with Gasteiger partial charge in [0.2, 0.25) is 0 Å². The molecule has 3 aliphatic heterocycles. The summed E-state index contributed by atoms with van der Waals surface area (Å²) in [4.78, 5) is 14.4. The number of aryl methyl sites for hydroxylation is 2. The van der Waals surface area contributed by atoms with Gasteiger partial charge in [-0.25, -0.2) is 14.6 Å². The summed E-state index contributed by atoms with van der Waals surface area (Å²) >= 11 is 0. The fourth-order valence-electron chi connectivity index (χ4n) is 6.08. The van der Waals surface area contributed by atoms with Crippen molar-refractivity contribution in [2.75, 3.05) is 50.9 Å². The normalized spacial score (nSPS) is 21.9. The van der Waals surface area contributed by atoms with Crippen LogP contribution in [-0.4, -0.2) is 82.8 Å². The van der Waals surface area contributed by atoms with Gasteiger partial charge >= 0.3 is 0 Å². The summed E-state index contributed by atoms with van der Waals surface area (Å²) in [6.07, 6.45) is 5.82. The Balaban J connectivity index is 1.22. The molecule has 0 aliphatic carbocycles. The minimum Gasteiger partial charge on any atom is -0.380 e. The predicted molar refractivity (Wildman–Crippen MR) is 146 cm³/mol. The molecule has 0 bridgehead atoms. The molecule has 198 valence electrons. The van der Waals surface area contributed by atoms with E-state index in [-0.39, 0.29) is 6.10 Å². The van der Waals surface area contributed by atoms with Crippen LogP contribution in [0.3, 0.4) is 0 Å². The minimum atomic E-state index is 0.282. The molecular weight excluding hydrogens is 464 g/mol. The Bertz CT molecular complexity index is 1240. The van der Waals surface area contributed by atoms with Crippen molar-refractivity contribution in [2.45, 2.75) is 65.0 Å². The highest BCUT2D eigenvalue weighted by atomic mass is 16.5. The zero-order valence-corrected chi connectivity index (χ0v) is 22.7. The molecule has 0 amide bonds. The first-order chi connectivity index (χ1) is 17.9. The summed E-state index contributed by atoms with van der Waals surface area (Å²) in [6.45, 7) is 15.3. The van der Waals surface area contributed by atoms with Crippen molar-refractivity contribution in [3.63, 3.8) is 0 Å². The summed E-state index contributed by atoms with van der Waals surface area (Å²) in [5.41, 5.74) is 3.94. The van der Waals surface area contributed by atoms with Gasteiger partial charge in [0, 0.05) is 43.8 Å². The van der Waals surface area contributed by atoms with Gasteiger partial charge in [-0.15, -0.1) is 0 Å². The second-order valence-electron chi connectivity index (χ2n) is 11.5. The molecule has 8 nitrogen and oxygen atoms in total. The van der Waals surface area contributed by atoms with Crippen LogP contribution < -0.4 is 4.90 Å². The quantitative estimate of drug-likeness (QED) is 0.476. The number of anilines is 1. The van der Waals surface area contributed by atoms with E-state index < -0.39 is 0 Å². The fraction of sp³-hybridized carbons (Fsp3) is 0.621. The predicted octanol–water partition coefficient (Wildman–Crippen LogP) is 4.26. The lowest BCUT2D eigenvalue weighted by Crippen LogP contribution is -2.53. The third-order valence-electron chi connectivity index (χ3n) is 8.21. The van der Waals surface area contributed by atoms with E-state index in [1.165, 1.54) is 30.4 Å². The SMILES string of the molecule is Cc1nc(N2CC(OCC(C)C)C2)cc(-n2ncc3cc(C)c(C4CCN(C5CCOC5)CC4)cc32)n1. The molecule has 3 saturated heterocycles. The van der Waals surface area contributed by atoms with E-state index >= 15 is 0 Å². The van der Waals surface area contributed by atoms with Gasteiger partial charge in [-0.05, 0) is 81.3 Å². The van der Waals surface area contributed by atoms with Crippen LogP contribution in [0, 0.1) is 19.8 Å². The summed E-state index contributed by atoms with van der Waals surface area (Å²) in [5, 5.41) is 5.93. The van der Waals surface area contributed by atoms with E-state index in [9.17, 15) is 0 Å². The monoisotopic (exact) mass is 504 g/mol. The molecule has 2 aromatic heterocycles. The molecule has 1 unspecified atom stereocenters. The number of hydrogen-bond donors (Lipinski definition) is 0. The Morgan fingerprint density at radius 2 is 1.81 bits per heavy atom. The van der Waals surface area contributed by atoms with E-state index in [1.54, 1.807) is 0 Å². The largest absolute Gasteiger partial charge is 0.380 e. The standard InChI is InChI=1S/C29H40N6O2/c1-19(2)17-37-25-15-34(16-25)28-13-29(32-21(4)31-28)35-27-12-26(20(3)11-23(27)14-30-35)22-5-8-33(9-6-22)24-7-10-36-18-24/h11-14,19,22,24-25H,5-10,15-18H2,1-4H3. The van der Waals surface area contributed by atoms with Crippen molar-refractivity contribution in [2.24, 2.45) is 5.92 Å². The van der Waals surface area contributed by atoms with Crippen molar-refractivity contribution in [1.29, 1.82) is 0 Å². The first-order valence-electron chi connectivity index (χ1n) is 14.0. The smallest absolute Gasteiger partial charge is 0.159 e. The minimum absolute atomic E-state index is 0.282. The van der Waals surface area contributed by atoms with Crippen molar-refractivity contribution < 1.29 is 9.47 Å². The zero-order valence-electron chi connectivity index (χ0n) is 22.7. The maximum Gasteiger partial charge on any atom is 0.159 e. The summed E-state index contributed by atoms with van der Waals surface area (Å²) in [5.74, 6) is 3.68. The van der Waals surface area contributed by atoms with E-state index in [2.05, 4.69) is 48.8 Å². The zero-order chi connectivity index (χ0) is 25.5. The molecule has 0 radical (unpaired) electrons. The Morgan fingerprint density at radius 1 is 1.03 bits per heavy atom. The van der Waals surface area contributed by atoms with E-state index in [4.69, 9.17) is 24.5 Å². The molecule has 0 spiro atoms. The van der Waals surface area contributed by atoms with Crippen molar-refractivity contribution in [1.82, 2.24) is 24.6 Å². The summed E-state index contributed by atoms with van der Waals surface area (Å²) in [6, 6.07) is 7.35. The Morgan fingerprint density at radius 3 is 2.54 bits per heavy atom. The molecule has 0 saturated carbocycles. The molecule has 6 rings (SSSR count). The maximum atomic E-state index is 5.99. The highest BCUT2D eigenvalue weighted by molar-refractivity contribution is 5.82. The van der Waals surface area contributed by atoms with Crippen LogP contribution in [0.15, 0.2) is 24.4 Å². The topological polar surface area (TPSA) is 68.5 Å². The number of nitrogens with zero attached hydrogens (tertiary/aromatic N) is 6. The number of rotatable bonds is 7. The van der Waals surface area contributed by atoms with Crippen LogP contribution in [0.5, 0.6) is 0 Å². The number of hydrogen-bond acceptors (Lipinski definition) is 7. The van der Waals surface area contributed by atoms with E-state index in [0.717, 1.165) is 74.4 Å². The van der Waals surface area contributed by atoms with Crippen LogP contribution >= 0.6 is 0 Å². The summed E-state index contributed by atoms with van der Waals surface area (Å²) in [7, 11) is 0. The molecule has 37 heavy (non-hydrogen) atoms. The van der Waals surface area contributed by atoms with Gasteiger partial charge in [0.05, 0.1) is 24.4 Å². The molecule has 1 aromatic carbocycles. The van der Waals surface area contributed by atoms with Crippen LogP contribution in [0.1, 0.15) is 56.0 Å². The lowest BCUT2D eigenvalue weighted by molar-refractivity contribution is 0.0186. The molecule has 8 heteroatoms. The Labute approximate surface area is 220 Å². The first-order valence-corrected chi connectivity index (χ1v) is 14.0. The Kier molecular flexibility index (Phi) is 6.90. The second-order valence-corrected chi connectivity index (χ2v) is 11.5. The van der Waals surface area contributed by atoms with Gasteiger partial charge in [0.1, 0.15) is 11.6 Å². The maximum absolute atomic E-state index is 5.99. The average molecular weight is 505 g/mol. The summed E-state index contributed by atoms with van der Waals surface area (Å²) < 4.78 is 13.6. The molecule has 3 aliphatic rings. The van der Waals surface area contributed by atoms with E-state index in [0.29, 0.717) is 17.9 Å². The third kappa shape index (κ3) is 5.11. The molecule has 3 fully saturated rings. The van der Waals surface area contributed by atoms with Gasteiger partial charge in [-0.3, -0.25) is 4.90 Å². The third-order valence-corrected chi connectivity index (χ3v) is 8.21. The molecule has 5 heterocycles. The number of fused-ring (bicyclic) bond motifs is 1. The number of ether oxygens (including phenoxy) is 2. The molecular formula is C29H40N6O2. The van der Waals surface area contributed by atoms with Crippen LogP contribution in [0.25, 0.3) is 16.7 Å². The van der Waals surface area contributed by atoms with Gasteiger partial charge in [-0.1, -0.05) is 13.8 Å². The van der Waals surface area contributed by atoms with Crippen LogP contribution in [-0.2, 0) is 9.47 Å². The highest BCUT2D eigenvalue weighted by Crippen LogP contribution is 2.35. The lowest BCUT2D eigenvalue weighted by Gasteiger charge is -2.40. The van der Waals surface area contributed by atoms with Crippen molar-refractivity contribution in [3.05, 3.63) is 41.3 Å². The van der Waals surface area contributed by atoms with Crippen molar-refractivity contribution in [3.8, 4) is 5.82 Å². The second kappa shape index (κ2) is 10.3. The fourth-order valence-corrected chi connectivity index (χ4v) is 6.08. The Hall–Kier alpha value is -2.55. The lowest BCUT2D eigenvalue weighted by atomic mass is 9.86.